The van der Waals surface area contributed by atoms with E-state index in [1.54, 1.807) is 17.0 Å². The van der Waals surface area contributed by atoms with Crippen LogP contribution in [0.25, 0.3) is 11.1 Å². The summed E-state index contributed by atoms with van der Waals surface area (Å²) in [5, 5.41) is 13.5. The van der Waals surface area contributed by atoms with Crippen molar-refractivity contribution < 1.29 is 13.6 Å². The fourth-order valence-electron chi connectivity index (χ4n) is 4.09. The highest BCUT2D eigenvalue weighted by atomic mass is 32.2. The SMILES string of the molecule is CC(C)n1cc(-c2ccc(CN3Cc4ccnc(Sc5c(F)cc(C#N)cc5F)c4C3=O)cc2)cn1. The Hall–Kier alpha value is -4.03. The van der Waals surface area contributed by atoms with E-state index in [0.29, 0.717) is 18.7 Å². The van der Waals surface area contributed by atoms with Gasteiger partial charge in [0.25, 0.3) is 5.91 Å². The molecule has 4 aromatic rings. The van der Waals surface area contributed by atoms with Gasteiger partial charge in [-0.15, -0.1) is 0 Å². The Labute approximate surface area is 211 Å². The smallest absolute Gasteiger partial charge is 0.257 e. The molecule has 2 aromatic carbocycles. The van der Waals surface area contributed by atoms with Crippen molar-refractivity contribution in [2.24, 2.45) is 0 Å². The van der Waals surface area contributed by atoms with Gasteiger partial charge in [-0.3, -0.25) is 9.48 Å². The molecule has 0 radical (unpaired) electrons. The molecule has 9 heteroatoms. The van der Waals surface area contributed by atoms with E-state index in [0.717, 1.165) is 46.1 Å². The van der Waals surface area contributed by atoms with Crippen LogP contribution in [-0.2, 0) is 13.1 Å². The molecule has 0 aliphatic carbocycles. The number of nitriles is 1. The third-order valence-corrected chi connectivity index (χ3v) is 7.08. The van der Waals surface area contributed by atoms with E-state index in [-0.39, 0.29) is 27.4 Å². The van der Waals surface area contributed by atoms with Crippen molar-refractivity contribution in [3.63, 3.8) is 0 Å². The molecule has 1 aliphatic rings. The molecule has 5 rings (SSSR count). The highest BCUT2D eigenvalue weighted by Gasteiger charge is 2.31. The molecule has 6 nitrogen and oxygen atoms in total. The van der Waals surface area contributed by atoms with E-state index >= 15 is 0 Å². The van der Waals surface area contributed by atoms with E-state index in [1.807, 2.05) is 41.3 Å². The molecular formula is C27H21F2N5OS. The number of carbonyl (C=O) groups is 1. The van der Waals surface area contributed by atoms with Crippen molar-refractivity contribution in [2.45, 2.75) is 42.9 Å². The van der Waals surface area contributed by atoms with Crippen LogP contribution in [0.15, 0.2) is 71.0 Å². The van der Waals surface area contributed by atoms with Gasteiger partial charge in [0.05, 0.1) is 28.3 Å². The lowest BCUT2D eigenvalue weighted by Crippen LogP contribution is -2.23. The van der Waals surface area contributed by atoms with Crippen LogP contribution < -0.4 is 0 Å². The van der Waals surface area contributed by atoms with Crippen LogP contribution in [0.2, 0.25) is 0 Å². The monoisotopic (exact) mass is 501 g/mol. The van der Waals surface area contributed by atoms with E-state index < -0.39 is 11.6 Å². The van der Waals surface area contributed by atoms with Gasteiger partial charge in [-0.2, -0.15) is 10.4 Å². The minimum absolute atomic E-state index is 0.109. The number of aromatic nitrogens is 3. The minimum Gasteiger partial charge on any atom is -0.330 e. The topological polar surface area (TPSA) is 74.8 Å². The third kappa shape index (κ3) is 4.48. The molecule has 2 aromatic heterocycles. The van der Waals surface area contributed by atoms with Crippen molar-refractivity contribution in [1.29, 1.82) is 5.26 Å². The quantitative estimate of drug-likeness (QED) is 0.325. The maximum absolute atomic E-state index is 14.5. The van der Waals surface area contributed by atoms with E-state index in [4.69, 9.17) is 5.26 Å². The Balaban J connectivity index is 1.34. The predicted molar refractivity (Wildman–Crippen MR) is 131 cm³/mol. The maximum atomic E-state index is 14.5. The van der Waals surface area contributed by atoms with Gasteiger partial charge >= 0.3 is 0 Å². The summed E-state index contributed by atoms with van der Waals surface area (Å²) in [6.07, 6.45) is 5.37. The number of carbonyl (C=O) groups excluding carboxylic acids is 1. The Morgan fingerprint density at radius 1 is 1.11 bits per heavy atom. The zero-order valence-electron chi connectivity index (χ0n) is 19.6. The number of nitrogens with zero attached hydrogens (tertiary/aromatic N) is 5. The van der Waals surface area contributed by atoms with E-state index in [2.05, 4.69) is 23.9 Å². The van der Waals surface area contributed by atoms with Gasteiger partial charge in [0.2, 0.25) is 0 Å². The van der Waals surface area contributed by atoms with Crippen molar-refractivity contribution in [1.82, 2.24) is 19.7 Å². The molecule has 3 heterocycles. The summed E-state index contributed by atoms with van der Waals surface area (Å²) in [4.78, 5) is 18.9. The lowest BCUT2D eigenvalue weighted by atomic mass is 10.1. The number of hydrogen-bond donors (Lipinski definition) is 0. The molecule has 180 valence electrons. The summed E-state index contributed by atoms with van der Waals surface area (Å²) in [6, 6.07) is 13.7. The van der Waals surface area contributed by atoms with Gasteiger partial charge in [-0.1, -0.05) is 36.0 Å². The normalized spacial score (nSPS) is 12.8. The number of rotatable bonds is 6. The molecule has 0 fully saturated rings. The predicted octanol–water partition coefficient (Wildman–Crippen LogP) is 5.98. The maximum Gasteiger partial charge on any atom is 0.257 e. The second-order valence-corrected chi connectivity index (χ2v) is 9.79. The molecule has 0 spiro atoms. The van der Waals surface area contributed by atoms with Crippen LogP contribution in [0.4, 0.5) is 8.78 Å². The van der Waals surface area contributed by atoms with Crippen molar-refractivity contribution in [3.05, 3.63) is 94.9 Å². The van der Waals surface area contributed by atoms with Crippen LogP contribution in [-0.4, -0.2) is 25.6 Å². The summed E-state index contributed by atoms with van der Waals surface area (Å²) >= 11 is 0.755. The first-order chi connectivity index (χ1) is 17.3. The molecule has 0 N–H and O–H groups in total. The fourth-order valence-corrected chi connectivity index (χ4v) is 5.03. The molecular weight excluding hydrogens is 480 g/mol. The van der Waals surface area contributed by atoms with Crippen LogP contribution in [0.5, 0.6) is 0 Å². The van der Waals surface area contributed by atoms with E-state index in [1.165, 1.54) is 6.20 Å². The standard InChI is InChI=1S/C27H21F2N5OS/c1-16(2)34-15-21(12-32-34)19-5-3-17(4-6-19)13-33-14-20-7-8-31-26(24(20)27(33)35)36-25-22(28)9-18(11-30)10-23(25)29/h3-10,12,15-16H,13-14H2,1-2H3. The van der Waals surface area contributed by atoms with Crippen LogP contribution in [0.1, 0.15) is 46.9 Å². The van der Waals surface area contributed by atoms with Crippen LogP contribution in [0.3, 0.4) is 0 Å². The van der Waals surface area contributed by atoms with E-state index in [9.17, 15) is 13.6 Å². The molecule has 0 saturated carbocycles. The number of halogens is 2. The van der Waals surface area contributed by atoms with Crippen LogP contribution in [0, 0.1) is 23.0 Å². The highest BCUT2D eigenvalue weighted by molar-refractivity contribution is 7.99. The number of fused-ring (bicyclic) bond motifs is 1. The zero-order chi connectivity index (χ0) is 25.4. The Morgan fingerprint density at radius 3 is 2.47 bits per heavy atom. The molecule has 0 atom stereocenters. The molecule has 1 amide bonds. The molecule has 0 unspecified atom stereocenters. The summed E-state index contributed by atoms with van der Waals surface area (Å²) in [6.45, 7) is 4.91. The fraction of sp³-hybridized carbons (Fsp3) is 0.185. The van der Waals surface area contributed by atoms with Crippen molar-refractivity contribution in [2.75, 3.05) is 0 Å². The minimum atomic E-state index is -0.864. The summed E-state index contributed by atoms with van der Waals surface area (Å²) in [7, 11) is 0. The van der Waals surface area contributed by atoms with Gasteiger partial charge < -0.3 is 4.90 Å². The third-order valence-electron chi connectivity index (χ3n) is 5.98. The number of amides is 1. The van der Waals surface area contributed by atoms with Gasteiger partial charge in [0.15, 0.2) is 0 Å². The van der Waals surface area contributed by atoms with Gasteiger partial charge in [0, 0.05) is 37.1 Å². The summed E-state index contributed by atoms with van der Waals surface area (Å²) in [5.41, 5.74) is 4.02. The Bertz CT molecular complexity index is 1480. The Kier molecular flexibility index (Phi) is 6.29. The second-order valence-electron chi connectivity index (χ2n) is 8.79. The first kappa shape index (κ1) is 23.7. The number of pyridine rings is 1. The summed E-state index contributed by atoms with van der Waals surface area (Å²) < 4.78 is 30.8. The molecule has 36 heavy (non-hydrogen) atoms. The lowest BCUT2D eigenvalue weighted by molar-refractivity contribution is 0.0763. The Morgan fingerprint density at radius 2 is 1.83 bits per heavy atom. The van der Waals surface area contributed by atoms with Crippen molar-refractivity contribution >= 4 is 17.7 Å². The lowest BCUT2D eigenvalue weighted by Gasteiger charge is -2.16. The molecule has 0 bridgehead atoms. The second kappa shape index (κ2) is 9.55. The number of hydrogen-bond acceptors (Lipinski definition) is 5. The highest BCUT2D eigenvalue weighted by Crippen LogP contribution is 2.37. The van der Waals surface area contributed by atoms with Gasteiger partial charge in [-0.25, -0.2) is 13.8 Å². The van der Waals surface area contributed by atoms with Gasteiger partial charge in [-0.05, 0) is 48.7 Å². The average molecular weight is 502 g/mol. The van der Waals surface area contributed by atoms with Crippen LogP contribution >= 0.6 is 11.8 Å². The average Bonchev–Trinajstić information content (AvgIpc) is 3.48. The molecule has 1 aliphatic heterocycles. The number of benzene rings is 2. The largest absolute Gasteiger partial charge is 0.330 e. The van der Waals surface area contributed by atoms with Gasteiger partial charge in [0.1, 0.15) is 16.7 Å². The molecule has 0 saturated heterocycles. The van der Waals surface area contributed by atoms with Crippen molar-refractivity contribution in [3.8, 4) is 17.2 Å². The summed E-state index contributed by atoms with van der Waals surface area (Å²) in [5.74, 6) is -1.97. The first-order valence-electron chi connectivity index (χ1n) is 11.3. The zero-order valence-corrected chi connectivity index (χ0v) is 20.4. The first-order valence-corrected chi connectivity index (χ1v) is 12.1.